The monoisotopic (exact) mass is 326 g/mol. The number of rotatable bonds is 7. The lowest BCUT2D eigenvalue weighted by molar-refractivity contribution is 0.201. The SMILES string of the molecule is CCN(CCO)CCCN1c2ccccc2Oc2ccc(C)cc21. The fraction of sp³-hybridized carbons (Fsp3) is 0.400. The molecule has 2 aromatic rings. The average molecular weight is 326 g/mol. The quantitative estimate of drug-likeness (QED) is 0.836. The first-order chi connectivity index (χ1) is 11.7. The van der Waals surface area contributed by atoms with Crippen molar-refractivity contribution in [3.05, 3.63) is 48.0 Å². The maximum absolute atomic E-state index is 9.14. The molecular weight excluding hydrogens is 300 g/mol. The zero-order valence-electron chi connectivity index (χ0n) is 14.5. The van der Waals surface area contributed by atoms with Gasteiger partial charge in [-0.2, -0.15) is 0 Å². The van der Waals surface area contributed by atoms with E-state index in [-0.39, 0.29) is 6.61 Å². The second-order valence-electron chi connectivity index (χ2n) is 6.20. The standard InChI is InChI=1S/C20H26N2O2/c1-3-21(13-14-23)11-6-12-22-17-7-4-5-8-19(17)24-20-10-9-16(2)15-18(20)22/h4-5,7-10,15,23H,3,6,11-14H2,1-2H3. The fourth-order valence-corrected chi connectivity index (χ4v) is 3.20. The van der Waals surface area contributed by atoms with Crippen LogP contribution in [0.4, 0.5) is 11.4 Å². The van der Waals surface area contributed by atoms with E-state index in [1.807, 2.05) is 12.1 Å². The summed E-state index contributed by atoms with van der Waals surface area (Å²) in [7, 11) is 0. The van der Waals surface area contributed by atoms with E-state index in [9.17, 15) is 0 Å². The molecule has 0 radical (unpaired) electrons. The minimum atomic E-state index is 0.219. The summed E-state index contributed by atoms with van der Waals surface area (Å²) in [5.41, 5.74) is 3.50. The molecular formula is C20H26N2O2. The number of hydrogen-bond donors (Lipinski definition) is 1. The summed E-state index contributed by atoms with van der Waals surface area (Å²) in [5.74, 6) is 1.83. The first kappa shape index (κ1) is 16.8. The van der Waals surface area contributed by atoms with Crippen LogP contribution in [0.25, 0.3) is 0 Å². The number of para-hydroxylation sites is 2. The van der Waals surface area contributed by atoms with Gasteiger partial charge in [0.25, 0.3) is 0 Å². The van der Waals surface area contributed by atoms with Gasteiger partial charge in [0.2, 0.25) is 0 Å². The molecule has 4 heteroatoms. The largest absolute Gasteiger partial charge is 0.453 e. The Bertz CT molecular complexity index is 687. The highest BCUT2D eigenvalue weighted by atomic mass is 16.5. The zero-order chi connectivity index (χ0) is 16.9. The molecule has 0 atom stereocenters. The van der Waals surface area contributed by atoms with Crippen LogP contribution in [0.5, 0.6) is 11.5 Å². The predicted octanol–water partition coefficient (Wildman–Crippen LogP) is 3.94. The van der Waals surface area contributed by atoms with Crippen molar-refractivity contribution in [1.82, 2.24) is 4.90 Å². The van der Waals surface area contributed by atoms with Crippen LogP contribution in [0.1, 0.15) is 18.9 Å². The van der Waals surface area contributed by atoms with Crippen molar-refractivity contribution < 1.29 is 9.84 Å². The number of aliphatic hydroxyl groups excluding tert-OH is 1. The molecule has 3 rings (SSSR count). The van der Waals surface area contributed by atoms with Crippen LogP contribution in [-0.2, 0) is 0 Å². The molecule has 1 N–H and O–H groups in total. The van der Waals surface area contributed by atoms with E-state index in [0.717, 1.165) is 55.5 Å². The number of aryl methyl sites for hydroxylation is 1. The number of anilines is 2. The second-order valence-corrected chi connectivity index (χ2v) is 6.20. The third kappa shape index (κ3) is 3.55. The topological polar surface area (TPSA) is 35.9 Å². The van der Waals surface area contributed by atoms with Crippen LogP contribution >= 0.6 is 0 Å². The van der Waals surface area contributed by atoms with E-state index in [2.05, 4.69) is 54.0 Å². The van der Waals surface area contributed by atoms with E-state index in [0.29, 0.717) is 0 Å². The maximum Gasteiger partial charge on any atom is 0.151 e. The maximum atomic E-state index is 9.14. The summed E-state index contributed by atoms with van der Waals surface area (Å²) in [6.45, 7) is 8.09. The van der Waals surface area contributed by atoms with Gasteiger partial charge in [-0.3, -0.25) is 0 Å². The van der Waals surface area contributed by atoms with E-state index < -0.39 is 0 Å². The number of ether oxygens (including phenoxy) is 1. The van der Waals surface area contributed by atoms with Crippen LogP contribution in [0, 0.1) is 6.92 Å². The van der Waals surface area contributed by atoms with Gasteiger partial charge in [-0.25, -0.2) is 0 Å². The number of hydrogen-bond acceptors (Lipinski definition) is 4. The highest BCUT2D eigenvalue weighted by Gasteiger charge is 2.23. The predicted molar refractivity (Wildman–Crippen MR) is 98.5 cm³/mol. The summed E-state index contributed by atoms with van der Waals surface area (Å²) >= 11 is 0. The van der Waals surface area contributed by atoms with Crippen LogP contribution in [0.15, 0.2) is 42.5 Å². The molecule has 0 spiro atoms. The van der Waals surface area contributed by atoms with Crippen molar-refractivity contribution in [3.8, 4) is 11.5 Å². The van der Waals surface area contributed by atoms with Crippen molar-refractivity contribution in [2.75, 3.05) is 37.7 Å². The molecule has 0 amide bonds. The van der Waals surface area contributed by atoms with Crippen molar-refractivity contribution in [2.45, 2.75) is 20.3 Å². The van der Waals surface area contributed by atoms with Crippen molar-refractivity contribution in [2.24, 2.45) is 0 Å². The lowest BCUT2D eigenvalue weighted by Crippen LogP contribution is -2.31. The third-order valence-corrected chi connectivity index (χ3v) is 4.50. The number of likely N-dealkylation sites (N-methyl/N-ethyl adjacent to an activating group) is 1. The summed E-state index contributed by atoms with van der Waals surface area (Å²) < 4.78 is 6.06. The van der Waals surface area contributed by atoms with Gasteiger partial charge < -0.3 is 19.6 Å². The Morgan fingerprint density at radius 2 is 1.83 bits per heavy atom. The normalized spacial score (nSPS) is 12.8. The fourth-order valence-electron chi connectivity index (χ4n) is 3.20. The Hall–Kier alpha value is -2.04. The van der Waals surface area contributed by atoms with Gasteiger partial charge in [0.05, 0.1) is 18.0 Å². The highest BCUT2D eigenvalue weighted by molar-refractivity contribution is 5.78. The molecule has 0 saturated carbocycles. The van der Waals surface area contributed by atoms with Gasteiger partial charge in [0.15, 0.2) is 11.5 Å². The van der Waals surface area contributed by atoms with Gasteiger partial charge in [0, 0.05) is 13.1 Å². The Labute approximate surface area is 144 Å². The summed E-state index contributed by atoms with van der Waals surface area (Å²) in [6, 6.07) is 14.5. The Morgan fingerprint density at radius 1 is 1.04 bits per heavy atom. The molecule has 4 nitrogen and oxygen atoms in total. The molecule has 0 saturated heterocycles. The number of benzene rings is 2. The van der Waals surface area contributed by atoms with Crippen LogP contribution in [0.2, 0.25) is 0 Å². The van der Waals surface area contributed by atoms with E-state index in [1.165, 1.54) is 5.56 Å². The van der Waals surface area contributed by atoms with Gasteiger partial charge >= 0.3 is 0 Å². The van der Waals surface area contributed by atoms with Gasteiger partial charge in [-0.15, -0.1) is 0 Å². The molecule has 1 aliphatic heterocycles. The highest BCUT2D eigenvalue weighted by Crippen LogP contribution is 2.46. The number of aliphatic hydroxyl groups is 1. The van der Waals surface area contributed by atoms with E-state index >= 15 is 0 Å². The minimum absolute atomic E-state index is 0.219. The van der Waals surface area contributed by atoms with Crippen LogP contribution in [-0.4, -0.2) is 42.8 Å². The molecule has 1 heterocycles. The van der Waals surface area contributed by atoms with Crippen molar-refractivity contribution in [3.63, 3.8) is 0 Å². The Balaban J connectivity index is 1.80. The molecule has 0 unspecified atom stereocenters. The lowest BCUT2D eigenvalue weighted by Gasteiger charge is -2.33. The Kier molecular flexibility index (Phi) is 5.38. The zero-order valence-corrected chi connectivity index (χ0v) is 14.5. The van der Waals surface area contributed by atoms with Gasteiger partial charge in [-0.1, -0.05) is 25.1 Å². The molecule has 128 valence electrons. The van der Waals surface area contributed by atoms with Crippen LogP contribution in [0.3, 0.4) is 0 Å². The first-order valence-electron chi connectivity index (χ1n) is 8.71. The Morgan fingerprint density at radius 3 is 2.62 bits per heavy atom. The molecule has 0 fully saturated rings. The summed E-state index contributed by atoms with van der Waals surface area (Å²) in [5, 5.41) is 9.14. The van der Waals surface area contributed by atoms with Gasteiger partial charge in [0.1, 0.15) is 0 Å². The van der Waals surface area contributed by atoms with Gasteiger partial charge in [-0.05, 0) is 56.3 Å². The second kappa shape index (κ2) is 7.69. The number of nitrogens with zero attached hydrogens (tertiary/aromatic N) is 2. The van der Waals surface area contributed by atoms with E-state index in [4.69, 9.17) is 9.84 Å². The summed E-state index contributed by atoms with van der Waals surface area (Å²) in [4.78, 5) is 4.64. The molecule has 0 bridgehead atoms. The number of fused-ring (bicyclic) bond motifs is 2. The molecule has 0 aromatic heterocycles. The van der Waals surface area contributed by atoms with Crippen LogP contribution < -0.4 is 9.64 Å². The molecule has 0 aliphatic carbocycles. The van der Waals surface area contributed by atoms with Crippen molar-refractivity contribution in [1.29, 1.82) is 0 Å². The molecule has 24 heavy (non-hydrogen) atoms. The minimum Gasteiger partial charge on any atom is -0.453 e. The molecule has 1 aliphatic rings. The smallest absolute Gasteiger partial charge is 0.151 e. The van der Waals surface area contributed by atoms with Crippen molar-refractivity contribution >= 4 is 11.4 Å². The third-order valence-electron chi connectivity index (χ3n) is 4.50. The molecule has 2 aromatic carbocycles. The summed E-state index contributed by atoms with van der Waals surface area (Å²) in [6.07, 6.45) is 1.04. The van der Waals surface area contributed by atoms with E-state index in [1.54, 1.807) is 0 Å². The lowest BCUT2D eigenvalue weighted by atomic mass is 10.1. The average Bonchev–Trinajstić information content (AvgIpc) is 2.60. The first-order valence-corrected chi connectivity index (χ1v) is 8.71.